The molecule has 0 fully saturated rings. The van der Waals surface area contributed by atoms with Crippen LogP contribution in [-0.4, -0.2) is 29.2 Å². The molecule has 2 aromatic rings. The number of ether oxygens (including phenoxy) is 2. The molecule has 1 aromatic carbocycles. The molecule has 0 radical (unpaired) electrons. The summed E-state index contributed by atoms with van der Waals surface area (Å²) in [5.41, 5.74) is 5.86. The fourth-order valence-electron chi connectivity index (χ4n) is 1.59. The Bertz CT molecular complexity index is 620. The zero-order valence-electron chi connectivity index (χ0n) is 11.1. The first-order valence-electron chi connectivity index (χ1n) is 6.15. The van der Waals surface area contributed by atoms with Gasteiger partial charge in [-0.1, -0.05) is 35.0 Å². The molecule has 0 unspecified atom stereocenters. The molecule has 0 aliphatic heterocycles. The van der Waals surface area contributed by atoms with Gasteiger partial charge in [0, 0.05) is 11.8 Å². The highest BCUT2D eigenvalue weighted by molar-refractivity contribution is 6.35. The molecule has 6 nitrogen and oxygen atoms in total. The Morgan fingerprint density at radius 1 is 1.19 bits per heavy atom. The van der Waals surface area contributed by atoms with Crippen molar-refractivity contribution in [3.63, 3.8) is 0 Å². The number of hydrogen-bond donors (Lipinski definition) is 2. The van der Waals surface area contributed by atoms with Gasteiger partial charge in [-0.05, 0) is 18.2 Å². The van der Waals surface area contributed by atoms with E-state index >= 15 is 0 Å². The van der Waals surface area contributed by atoms with Gasteiger partial charge in [0.25, 0.3) is 0 Å². The van der Waals surface area contributed by atoms with E-state index in [4.69, 9.17) is 32.0 Å². The molecule has 2 rings (SSSR count). The van der Waals surface area contributed by atoms with Crippen molar-refractivity contribution >= 4 is 17.4 Å². The van der Waals surface area contributed by atoms with Crippen LogP contribution in [0.4, 0.5) is 0 Å². The van der Waals surface area contributed by atoms with Crippen LogP contribution >= 0.6 is 11.6 Å². The smallest absolute Gasteiger partial charge is 0.233 e. The number of hydrogen-bond acceptors (Lipinski definition) is 5. The molecule has 21 heavy (non-hydrogen) atoms. The molecular formula is C14H14ClN3O3. The summed E-state index contributed by atoms with van der Waals surface area (Å²) in [6, 6.07) is 10.9. The largest absolute Gasteiger partial charge is 0.490 e. The van der Waals surface area contributed by atoms with Gasteiger partial charge >= 0.3 is 0 Å². The summed E-state index contributed by atoms with van der Waals surface area (Å²) in [6.07, 6.45) is 1.46. The molecule has 0 spiro atoms. The molecule has 1 aromatic heterocycles. The lowest BCUT2D eigenvalue weighted by atomic mass is 10.2. The van der Waals surface area contributed by atoms with Crippen LogP contribution in [0.3, 0.4) is 0 Å². The first kappa shape index (κ1) is 14.9. The van der Waals surface area contributed by atoms with Gasteiger partial charge in [-0.15, -0.1) is 0 Å². The lowest BCUT2D eigenvalue weighted by Crippen LogP contribution is -2.15. The minimum atomic E-state index is -0.104. The van der Waals surface area contributed by atoms with Crippen LogP contribution in [-0.2, 0) is 0 Å². The summed E-state index contributed by atoms with van der Waals surface area (Å²) in [7, 11) is 0. The minimum absolute atomic E-state index is 0.104. The van der Waals surface area contributed by atoms with Gasteiger partial charge < -0.3 is 20.4 Å². The second-order valence-corrected chi connectivity index (χ2v) is 4.35. The fourth-order valence-corrected chi connectivity index (χ4v) is 1.85. The van der Waals surface area contributed by atoms with Crippen molar-refractivity contribution in [2.45, 2.75) is 0 Å². The zero-order valence-corrected chi connectivity index (χ0v) is 11.8. The van der Waals surface area contributed by atoms with Crippen molar-refractivity contribution in [1.82, 2.24) is 4.98 Å². The summed E-state index contributed by atoms with van der Waals surface area (Å²) in [5, 5.41) is 11.8. The summed E-state index contributed by atoms with van der Waals surface area (Å²) in [5.74, 6) is 0.857. The normalized spacial score (nSPS) is 11.2. The predicted octanol–water partition coefficient (Wildman–Crippen LogP) is 2.29. The van der Waals surface area contributed by atoms with Crippen molar-refractivity contribution in [1.29, 1.82) is 0 Å². The molecule has 0 atom stereocenters. The second kappa shape index (κ2) is 7.35. The highest BCUT2D eigenvalue weighted by Gasteiger charge is 2.12. The number of rotatable bonds is 6. The number of halogens is 1. The third kappa shape index (κ3) is 4.00. The van der Waals surface area contributed by atoms with E-state index in [0.717, 1.165) is 5.75 Å². The number of benzene rings is 1. The van der Waals surface area contributed by atoms with Crippen LogP contribution in [0.5, 0.6) is 11.6 Å². The molecule has 0 aliphatic rings. The lowest BCUT2D eigenvalue weighted by molar-refractivity contribution is 0.212. The highest BCUT2D eigenvalue weighted by atomic mass is 35.5. The quantitative estimate of drug-likeness (QED) is 0.281. The van der Waals surface area contributed by atoms with Crippen LogP contribution in [0.2, 0.25) is 5.02 Å². The molecule has 0 bridgehead atoms. The Hall–Kier alpha value is -2.47. The molecule has 0 amide bonds. The topological polar surface area (TPSA) is 90.0 Å². The van der Waals surface area contributed by atoms with Gasteiger partial charge in [0.2, 0.25) is 5.88 Å². The van der Waals surface area contributed by atoms with Crippen molar-refractivity contribution in [2.24, 2.45) is 10.9 Å². The maximum absolute atomic E-state index is 8.67. The molecule has 0 saturated carbocycles. The number of nitrogens with two attached hydrogens (primary N) is 1. The first-order chi connectivity index (χ1) is 10.2. The van der Waals surface area contributed by atoms with Crippen molar-refractivity contribution in [2.75, 3.05) is 13.2 Å². The molecule has 3 N–H and O–H groups in total. The molecule has 110 valence electrons. The summed E-state index contributed by atoms with van der Waals surface area (Å²) < 4.78 is 10.9. The second-order valence-electron chi connectivity index (χ2n) is 3.97. The zero-order chi connectivity index (χ0) is 15.1. The van der Waals surface area contributed by atoms with Gasteiger partial charge in [0.05, 0.1) is 0 Å². The number of amidine groups is 1. The average molecular weight is 308 g/mol. The van der Waals surface area contributed by atoms with Gasteiger partial charge in [-0.3, -0.25) is 0 Å². The molecule has 0 aliphatic carbocycles. The van der Waals surface area contributed by atoms with Crippen LogP contribution in [0.25, 0.3) is 0 Å². The lowest BCUT2D eigenvalue weighted by Gasteiger charge is -2.10. The van der Waals surface area contributed by atoms with E-state index in [1.165, 1.54) is 12.3 Å². The average Bonchev–Trinajstić information content (AvgIpc) is 2.53. The van der Waals surface area contributed by atoms with Gasteiger partial charge in [0.1, 0.15) is 24.0 Å². The third-order valence-corrected chi connectivity index (χ3v) is 2.94. The first-order valence-corrected chi connectivity index (χ1v) is 6.53. The van der Waals surface area contributed by atoms with E-state index in [1.807, 2.05) is 30.3 Å². The van der Waals surface area contributed by atoms with E-state index in [-0.39, 0.29) is 23.3 Å². The van der Waals surface area contributed by atoms with Gasteiger partial charge in [-0.25, -0.2) is 4.98 Å². The van der Waals surface area contributed by atoms with E-state index in [9.17, 15) is 0 Å². The molecular weight excluding hydrogens is 294 g/mol. The Balaban J connectivity index is 1.92. The van der Waals surface area contributed by atoms with E-state index in [0.29, 0.717) is 12.2 Å². The predicted molar refractivity (Wildman–Crippen MR) is 79.2 cm³/mol. The molecule has 7 heteroatoms. The van der Waals surface area contributed by atoms with E-state index < -0.39 is 0 Å². The number of para-hydroxylation sites is 1. The maximum Gasteiger partial charge on any atom is 0.233 e. The third-order valence-electron chi connectivity index (χ3n) is 2.57. The Morgan fingerprint density at radius 3 is 2.62 bits per heavy atom. The SMILES string of the molecule is N/C(=N/O)c1ccnc(OCCOc2ccccc2)c1Cl. The molecule has 1 heterocycles. The van der Waals surface area contributed by atoms with Crippen LogP contribution in [0, 0.1) is 0 Å². The summed E-state index contributed by atoms with van der Waals surface area (Å²) in [4.78, 5) is 4.00. The minimum Gasteiger partial charge on any atom is -0.490 e. The Labute approximate surface area is 126 Å². The number of pyridine rings is 1. The van der Waals surface area contributed by atoms with Crippen LogP contribution < -0.4 is 15.2 Å². The molecule has 0 saturated heterocycles. The number of nitrogens with zero attached hydrogens (tertiary/aromatic N) is 2. The number of oxime groups is 1. The Kier molecular flexibility index (Phi) is 5.22. The maximum atomic E-state index is 8.67. The van der Waals surface area contributed by atoms with Gasteiger partial charge in [-0.2, -0.15) is 0 Å². The summed E-state index contributed by atoms with van der Waals surface area (Å²) in [6.45, 7) is 0.608. The summed E-state index contributed by atoms with van der Waals surface area (Å²) >= 11 is 6.08. The van der Waals surface area contributed by atoms with E-state index in [1.54, 1.807) is 0 Å². The fraction of sp³-hybridized carbons (Fsp3) is 0.143. The van der Waals surface area contributed by atoms with Gasteiger partial charge in [0.15, 0.2) is 5.84 Å². The monoisotopic (exact) mass is 307 g/mol. The highest BCUT2D eigenvalue weighted by Crippen LogP contribution is 2.25. The van der Waals surface area contributed by atoms with E-state index in [2.05, 4.69) is 10.1 Å². The number of aromatic nitrogens is 1. The van der Waals surface area contributed by atoms with Crippen molar-refractivity contribution in [3.8, 4) is 11.6 Å². The van der Waals surface area contributed by atoms with Crippen LogP contribution in [0.15, 0.2) is 47.8 Å². The van der Waals surface area contributed by atoms with Crippen molar-refractivity contribution in [3.05, 3.63) is 53.2 Å². The van der Waals surface area contributed by atoms with Crippen LogP contribution in [0.1, 0.15) is 5.56 Å². The Morgan fingerprint density at radius 2 is 1.90 bits per heavy atom. The van der Waals surface area contributed by atoms with Crippen molar-refractivity contribution < 1.29 is 14.7 Å². The standard InChI is InChI=1S/C14H14ClN3O3/c15-12-11(13(16)18-19)6-7-17-14(12)21-9-8-20-10-4-2-1-3-5-10/h1-7,19H,8-9H2,(H2,16,18).